The lowest BCUT2D eigenvalue weighted by atomic mass is 10.0. The first-order valence-electron chi connectivity index (χ1n) is 8.33. The molecule has 2 rings (SSSR count). The summed E-state index contributed by atoms with van der Waals surface area (Å²) in [6, 6.07) is 10.3. The molecule has 1 aromatic carbocycles. The lowest BCUT2D eigenvalue weighted by Crippen LogP contribution is -2.46. The van der Waals surface area contributed by atoms with E-state index in [1.807, 2.05) is 22.9 Å². The van der Waals surface area contributed by atoms with Gasteiger partial charge in [0.15, 0.2) is 0 Å². The van der Waals surface area contributed by atoms with Crippen LogP contribution in [0.5, 0.6) is 0 Å². The Morgan fingerprint density at radius 3 is 2.39 bits per heavy atom. The summed E-state index contributed by atoms with van der Waals surface area (Å²) in [7, 11) is 4.24. The van der Waals surface area contributed by atoms with Gasteiger partial charge in [0, 0.05) is 30.4 Å². The van der Waals surface area contributed by atoms with Gasteiger partial charge in [-0.25, -0.2) is 4.68 Å². The number of hydrogen-bond acceptors (Lipinski definition) is 3. The van der Waals surface area contributed by atoms with Crippen molar-refractivity contribution in [1.29, 1.82) is 0 Å². The van der Waals surface area contributed by atoms with Crippen molar-refractivity contribution >= 4 is 0 Å². The molecule has 0 amide bonds. The van der Waals surface area contributed by atoms with Crippen LogP contribution in [-0.4, -0.2) is 40.9 Å². The van der Waals surface area contributed by atoms with Crippen molar-refractivity contribution < 1.29 is 0 Å². The largest absolute Gasteiger partial charge is 0.311 e. The number of hydrogen-bond donors (Lipinski definition) is 1. The van der Waals surface area contributed by atoms with Crippen molar-refractivity contribution in [3.8, 4) is 5.69 Å². The van der Waals surface area contributed by atoms with E-state index in [4.69, 9.17) is 5.10 Å². The first-order valence-corrected chi connectivity index (χ1v) is 8.33. The van der Waals surface area contributed by atoms with Gasteiger partial charge in [0.2, 0.25) is 0 Å². The van der Waals surface area contributed by atoms with Gasteiger partial charge in [0.25, 0.3) is 0 Å². The molecular weight excluding hydrogens is 284 g/mol. The van der Waals surface area contributed by atoms with Crippen LogP contribution in [0.4, 0.5) is 0 Å². The molecule has 1 aromatic heterocycles. The highest BCUT2D eigenvalue weighted by atomic mass is 15.3. The molecular formula is C19H30N4. The molecule has 0 atom stereocenters. The minimum atomic E-state index is 0.132. The van der Waals surface area contributed by atoms with Crippen molar-refractivity contribution in [3.05, 3.63) is 47.8 Å². The zero-order valence-corrected chi connectivity index (χ0v) is 15.3. The second kappa shape index (κ2) is 7.28. The van der Waals surface area contributed by atoms with Gasteiger partial charge in [-0.05, 0) is 46.0 Å². The van der Waals surface area contributed by atoms with Gasteiger partial charge in [-0.2, -0.15) is 5.10 Å². The Morgan fingerprint density at radius 1 is 1.17 bits per heavy atom. The standard InChI is InChI=1S/C19H30N4/c1-15(2)18-16(12-20-14-19(3,4)22(5)6)13-23(21-18)17-10-8-7-9-11-17/h7-11,13,15,20H,12,14H2,1-6H3. The summed E-state index contributed by atoms with van der Waals surface area (Å²) in [6.45, 7) is 10.7. The number of nitrogens with one attached hydrogen (secondary N) is 1. The molecule has 0 saturated heterocycles. The van der Waals surface area contributed by atoms with Crippen molar-refractivity contribution in [1.82, 2.24) is 20.0 Å². The van der Waals surface area contributed by atoms with E-state index in [1.54, 1.807) is 0 Å². The summed E-state index contributed by atoms with van der Waals surface area (Å²) in [5.41, 5.74) is 3.68. The number of likely N-dealkylation sites (N-methyl/N-ethyl adjacent to an activating group) is 1. The number of para-hydroxylation sites is 1. The average Bonchev–Trinajstić information content (AvgIpc) is 2.92. The molecule has 0 spiro atoms. The van der Waals surface area contributed by atoms with Crippen LogP contribution in [0.25, 0.3) is 5.69 Å². The Morgan fingerprint density at radius 2 is 1.83 bits per heavy atom. The molecule has 0 aliphatic heterocycles. The maximum Gasteiger partial charge on any atom is 0.0699 e. The van der Waals surface area contributed by atoms with Gasteiger partial charge in [-0.3, -0.25) is 0 Å². The van der Waals surface area contributed by atoms with Crippen LogP contribution in [0.2, 0.25) is 0 Å². The van der Waals surface area contributed by atoms with Gasteiger partial charge in [0.05, 0.1) is 11.4 Å². The number of rotatable bonds is 7. The molecule has 0 bridgehead atoms. The van der Waals surface area contributed by atoms with E-state index in [9.17, 15) is 0 Å². The average molecular weight is 314 g/mol. The van der Waals surface area contributed by atoms with Gasteiger partial charge in [0.1, 0.15) is 0 Å². The fourth-order valence-corrected chi connectivity index (χ4v) is 2.42. The van der Waals surface area contributed by atoms with Crippen LogP contribution >= 0.6 is 0 Å². The molecule has 0 saturated carbocycles. The van der Waals surface area contributed by atoms with Gasteiger partial charge < -0.3 is 10.2 Å². The molecule has 0 unspecified atom stereocenters. The summed E-state index contributed by atoms with van der Waals surface area (Å²) < 4.78 is 1.99. The van der Waals surface area contributed by atoms with E-state index in [-0.39, 0.29) is 5.54 Å². The minimum Gasteiger partial charge on any atom is -0.311 e. The maximum absolute atomic E-state index is 4.80. The molecule has 2 aromatic rings. The Hall–Kier alpha value is -1.65. The van der Waals surface area contributed by atoms with E-state index in [1.165, 1.54) is 11.3 Å². The van der Waals surface area contributed by atoms with Gasteiger partial charge in [-0.1, -0.05) is 32.0 Å². The Balaban J connectivity index is 2.13. The quantitative estimate of drug-likeness (QED) is 0.850. The molecule has 126 valence electrons. The summed E-state index contributed by atoms with van der Waals surface area (Å²) in [5, 5.41) is 8.38. The first kappa shape index (κ1) is 17.7. The monoisotopic (exact) mass is 314 g/mol. The molecule has 1 heterocycles. The third kappa shape index (κ3) is 4.43. The molecule has 1 N–H and O–H groups in total. The van der Waals surface area contributed by atoms with Gasteiger partial charge in [-0.15, -0.1) is 0 Å². The van der Waals surface area contributed by atoms with E-state index in [2.05, 4.69) is 70.3 Å². The molecule has 23 heavy (non-hydrogen) atoms. The fourth-order valence-electron chi connectivity index (χ4n) is 2.42. The van der Waals surface area contributed by atoms with E-state index in [0.29, 0.717) is 5.92 Å². The van der Waals surface area contributed by atoms with Crippen molar-refractivity contribution in [2.75, 3.05) is 20.6 Å². The van der Waals surface area contributed by atoms with Crippen molar-refractivity contribution in [2.24, 2.45) is 0 Å². The van der Waals surface area contributed by atoms with E-state index in [0.717, 1.165) is 18.8 Å². The third-order valence-corrected chi connectivity index (χ3v) is 4.47. The second-order valence-electron chi connectivity index (χ2n) is 7.28. The molecule has 4 nitrogen and oxygen atoms in total. The van der Waals surface area contributed by atoms with Crippen molar-refractivity contribution in [2.45, 2.75) is 45.7 Å². The van der Waals surface area contributed by atoms with Crippen LogP contribution in [0.15, 0.2) is 36.5 Å². The molecule has 0 fully saturated rings. The normalized spacial score (nSPS) is 12.3. The second-order valence-corrected chi connectivity index (χ2v) is 7.28. The van der Waals surface area contributed by atoms with Crippen LogP contribution in [0.3, 0.4) is 0 Å². The summed E-state index contributed by atoms with van der Waals surface area (Å²) in [5.74, 6) is 0.415. The topological polar surface area (TPSA) is 33.1 Å². The Bertz CT molecular complexity index is 612. The Kier molecular flexibility index (Phi) is 5.60. The predicted molar refractivity (Wildman–Crippen MR) is 97.1 cm³/mol. The highest BCUT2D eigenvalue weighted by Gasteiger charge is 2.20. The van der Waals surface area contributed by atoms with Crippen LogP contribution in [0.1, 0.15) is 44.9 Å². The minimum absolute atomic E-state index is 0.132. The number of aromatic nitrogens is 2. The lowest BCUT2D eigenvalue weighted by Gasteiger charge is -2.32. The zero-order chi connectivity index (χ0) is 17.0. The third-order valence-electron chi connectivity index (χ3n) is 4.47. The highest BCUT2D eigenvalue weighted by molar-refractivity contribution is 5.33. The summed E-state index contributed by atoms with van der Waals surface area (Å²) >= 11 is 0. The fraction of sp³-hybridized carbons (Fsp3) is 0.526. The molecule has 0 aliphatic carbocycles. The van der Waals surface area contributed by atoms with Crippen LogP contribution in [0, 0.1) is 0 Å². The molecule has 0 aliphatic rings. The Labute approximate surface area is 140 Å². The molecule has 0 radical (unpaired) electrons. The van der Waals surface area contributed by atoms with Crippen molar-refractivity contribution in [3.63, 3.8) is 0 Å². The predicted octanol–water partition coefficient (Wildman–Crippen LogP) is 3.43. The van der Waals surface area contributed by atoms with E-state index < -0.39 is 0 Å². The SMILES string of the molecule is CC(C)c1nn(-c2ccccc2)cc1CNCC(C)(C)N(C)C. The van der Waals surface area contributed by atoms with Crippen LogP contribution < -0.4 is 5.32 Å². The van der Waals surface area contributed by atoms with E-state index >= 15 is 0 Å². The number of nitrogens with zero attached hydrogens (tertiary/aromatic N) is 3. The van der Waals surface area contributed by atoms with Gasteiger partial charge >= 0.3 is 0 Å². The lowest BCUT2D eigenvalue weighted by molar-refractivity contribution is 0.189. The highest BCUT2D eigenvalue weighted by Crippen LogP contribution is 2.20. The molecule has 4 heteroatoms. The summed E-state index contributed by atoms with van der Waals surface area (Å²) in [6.07, 6.45) is 2.15. The maximum atomic E-state index is 4.80. The smallest absolute Gasteiger partial charge is 0.0699 e. The zero-order valence-electron chi connectivity index (χ0n) is 15.3. The first-order chi connectivity index (χ1) is 10.8. The summed E-state index contributed by atoms with van der Waals surface area (Å²) in [4.78, 5) is 2.25. The van der Waals surface area contributed by atoms with Crippen LogP contribution in [-0.2, 0) is 6.54 Å². The number of benzene rings is 1.